The summed E-state index contributed by atoms with van der Waals surface area (Å²) in [7, 11) is 1.71. The van der Waals surface area contributed by atoms with Gasteiger partial charge in [-0.2, -0.15) is 0 Å². The van der Waals surface area contributed by atoms with Gasteiger partial charge in [0.05, 0.1) is 0 Å². The number of amides is 1. The van der Waals surface area contributed by atoms with Crippen LogP contribution in [0.4, 0.5) is 4.79 Å². The number of hydrogen-bond donors (Lipinski definition) is 4. The molecule has 0 fully saturated rings. The summed E-state index contributed by atoms with van der Waals surface area (Å²) in [5.41, 5.74) is 0. The van der Waals surface area contributed by atoms with Crippen LogP contribution in [0.5, 0.6) is 0 Å². The van der Waals surface area contributed by atoms with Crippen LogP contribution in [0.2, 0.25) is 0 Å². The van der Waals surface area contributed by atoms with Crippen LogP contribution in [-0.4, -0.2) is 57.6 Å². The summed E-state index contributed by atoms with van der Waals surface area (Å²) in [5, 5.41) is 17.0. The van der Waals surface area contributed by atoms with Crippen LogP contribution < -0.4 is 16.0 Å². The third-order valence-electron chi connectivity index (χ3n) is 2.01. The molecule has 0 saturated carbocycles. The van der Waals surface area contributed by atoms with E-state index in [0.29, 0.717) is 13.1 Å². The highest BCUT2D eigenvalue weighted by Crippen LogP contribution is 1.85. The highest BCUT2D eigenvalue weighted by Gasteiger charge is 1.92. The quantitative estimate of drug-likeness (QED) is 0.373. The molecule has 16 heavy (non-hydrogen) atoms. The van der Waals surface area contributed by atoms with Crippen LogP contribution in [0, 0.1) is 0 Å². The molecule has 6 heteroatoms. The van der Waals surface area contributed by atoms with Crippen LogP contribution in [0.1, 0.15) is 12.8 Å². The molecule has 0 atom stereocenters. The number of hydrogen-bond acceptors (Lipinski definition) is 4. The van der Waals surface area contributed by atoms with E-state index in [-0.39, 0.29) is 0 Å². The van der Waals surface area contributed by atoms with Gasteiger partial charge in [0.2, 0.25) is 0 Å². The van der Waals surface area contributed by atoms with E-state index < -0.39 is 6.09 Å². The first-order valence-corrected chi connectivity index (χ1v) is 5.64. The Morgan fingerprint density at radius 3 is 2.31 bits per heavy atom. The molecule has 0 aliphatic rings. The van der Waals surface area contributed by atoms with Gasteiger partial charge in [-0.3, -0.25) is 0 Å². The van der Waals surface area contributed by atoms with Gasteiger partial charge in [0.1, 0.15) is 0 Å². The fourth-order valence-corrected chi connectivity index (χ4v) is 1.18. The standard InChI is InChI=1S/C10H23N3O3/c1-16-9-3-2-4-11-5-6-12-7-8-13-10(14)15/h11-13H,2-9H2,1H3,(H,14,15). The van der Waals surface area contributed by atoms with Gasteiger partial charge in [-0.15, -0.1) is 0 Å². The molecule has 0 rings (SSSR count). The molecule has 0 aromatic heterocycles. The largest absolute Gasteiger partial charge is 0.465 e. The molecule has 6 nitrogen and oxygen atoms in total. The van der Waals surface area contributed by atoms with Gasteiger partial charge < -0.3 is 25.8 Å². The molecule has 0 radical (unpaired) electrons. The molecule has 0 aliphatic carbocycles. The van der Waals surface area contributed by atoms with Crippen molar-refractivity contribution >= 4 is 6.09 Å². The van der Waals surface area contributed by atoms with E-state index >= 15 is 0 Å². The van der Waals surface area contributed by atoms with E-state index in [1.165, 1.54) is 0 Å². The van der Waals surface area contributed by atoms with Crippen molar-refractivity contribution in [2.75, 3.05) is 46.4 Å². The van der Waals surface area contributed by atoms with Gasteiger partial charge in [-0.05, 0) is 19.4 Å². The maximum absolute atomic E-state index is 10.1. The highest BCUT2D eigenvalue weighted by atomic mass is 16.5. The highest BCUT2D eigenvalue weighted by molar-refractivity contribution is 5.64. The summed E-state index contributed by atoms with van der Waals surface area (Å²) < 4.78 is 4.94. The number of carbonyl (C=O) groups is 1. The number of unbranched alkanes of at least 4 members (excludes halogenated alkanes) is 1. The minimum absolute atomic E-state index is 0.448. The normalized spacial score (nSPS) is 10.3. The SMILES string of the molecule is COCCCCNCCNCCNC(=O)O. The second kappa shape index (κ2) is 12.2. The molecule has 0 spiro atoms. The molecule has 96 valence electrons. The smallest absolute Gasteiger partial charge is 0.404 e. The Morgan fingerprint density at radius 1 is 1.06 bits per heavy atom. The Kier molecular flexibility index (Phi) is 11.6. The molecule has 0 heterocycles. The Labute approximate surface area is 96.7 Å². The molecule has 0 aliphatic heterocycles. The minimum Gasteiger partial charge on any atom is -0.465 e. The summed E-state index contributed by atoms with van der Waals surface area (Å²) in [4.78, 5) is 10.1. The molecule has 0 saturated heterocycles. The van der Waals surface area contributed by atoms with Gasteiger partial charge in [0.15, 0.2) is 0 Å². The topological polar surface area (TPSA) is 82.6 Å². The first kappa shape index (κ1) is 15.2. The summed E-state index contributed by atoms with van der Waals surface area (Å²) in [5.74, 6) is 0. The van der Waals surface area contributed by atoms with Crippen molar-refractivity contribution in [1.82, 2.24) is 16.0 Å². The lowest BCUT2D eigenvalue weighted by Crippen LogP contribution is -2.34. The first-order chi connectivity index (χ1) is 7.77. The Hall–Kier alpha value is -0.850. The van der Waals surface area contributed by atoms with E-state index in [1.54, 1.807) is 7.11 Å². The molecule has 4 N–H and O–H groups in total. The van der Waals surface area contributed by atoms with Crippen molar-refractivity contribution in [1.29, 1.82) is 0 Å². The second-order valence-electron chi connectivity index (χ2n) is 3.43. The van der Waals surface area contributed by atoms with E-state index in [1.807, 2.05) is 0 Å². The molecular formula is C10H23N3O3. The maximum atomic E-state index is 10.1. The summed E-state index contributed by atoms with van der Waals surface area (Å²) in [6, 6.07) is 0. The lowest BCUT2D eigenvalue weighted by molar-refractivity contribution is 0.192. The van der Waals surface area contributed by atoms with E-state index in [2.05, 4.69) is 16.0 Å². The van der Waals surface area contributed by atoms with Crippen LogP contribution in [0.15, 0.2) is 0 Å². The van der Waals surface area contributed by atoms with Crippen LogP contribution in [0.25, 0.3) is 0 Å². The van der Waals surface area contributed by atoms with Gasteiger partial charge in [0.25, 0.3) is 0 Å². The lowest BCUT2D eigenvalue weighted by Gasteiger charge is -2.06. The van der Waals surface area contributed by atoms with Gasteiger partial charge in [0, 0.05) is 39.9 Å². The third-order valence-corrected chi connectivity index (χ3v) is 2.01. The molecular weight excluding hydrogens is 210 g/mol. The van der Waals surface area contributed by atoms with Crippen LogP contribution in [-0.2, 0) is 4.74 Å². The average molecular weight is 233 g/mol. The molecule has 0 unspecified atom stereocenters. The predicted octanol–water partition coefficient (Wildman–Crippen LogP) is -0.140. The Balaban J connectivity index is 2.90. The fourth-order valence-electron chi connectivity index (χ4n) is 1.18. The number of rotatable bonds is 11. The van der Waals surface area contributed by atoms with E-state index in [0.717, 1.165) is 39.1 Å². The first-order valence-electron chi connectivity index (χ1n) is 5.64. The number of nitrogens with one attached hydrogen (secondary N) is 3. The van der Waals surface area contributed by atoms with Crippen molar-refractivity contribution in [3.63, 3.8) is 0 Å². The van der Waals surface area contributed by atoms with Crippen molar-refractivity contribution in [3.05, 3.63) is 0 Å². The number of methoxy groups -OCH3 is 1. The van der Waals surface area contributed by atoms with Crippen molar-refractivity contribution in [3.8, 4) is 0 Å². The monoisotopic (exact) mass is 233 g/mol. The van der Waals surface area contributed by atoms with Gasteiger partial charge >= 0.3 is 6.09 Å². The summed E-state index contributed by atoms with van der Waals surface area (Å²) >= 11 is 0. The number of carboxylic acid groups (broad SMARTS) is 1. The minimum atomic E-state index is -0.974. The predicted molar refractivity (Wildman–Crippen MR) is 62.9 cm³/mol. The van der Waals surface area contributed by atoms with Crippen molar-refractivity contribution < 1.29 is 14.6 Å². The zero-order valence-corrected chi connectivity index (χ0v) is 9.92. The van der Waals surface area contributed by atoms with Crippen LogP contribution >= 0.6 is 0 Å². The summed E-state index contributed by atoms with van der Waals surface area (Å²) in [6.07, 6.45) is 1.23. The average Bonchev–Trinajstić information content (AvgIpc) is 2.25. The van der Waals surface area contributed by atoms with Gasteiger partial charge in [-0.25, -0.2) is 4.79 Å². The number of ether oxygens (including phenoxy) is 1. The van der Waals surface area contributed by atoms with Crippen LogP contribution in [0.3, 0.4) is 0 Å². The summed E-state index contributed by atoms with van der Waals surface area (Å²) in [6.45, 7) is 4.69. The fraction of sp³-hybridized carbons (Fsp3) is 0.900. The lowest BCUT2D eigenvalue weighted by atomic mass is 10.3. The van der Waals surface area contributed by atoms with E-state index in [9.17, 15) is 4.79 Å². The Morgan fingerprint density at radius 2 is 1.69 bits per heavy atom. The third kappa shape index (κ3) is 13.2. The maximum Gasteiger partial charge on any atom is 0.404 e. The molecule has 0 aromatic rings. The molecule has 1 amide bonds. The van der Waals surface area contributed by atoms with Crippen molar-refractivity contribution in [2.24, 2.45) is 0 Å². The second-order valence-corrected chi connectivity index (χ2v) is 3.43. The van der Waals surface area contributed by atoms with Crippen molar-refractivity contribution in [2.45, 2.75) is 12.8 Å². The van der Waals surface area contributed by atoms with E-state index in [4.69, 9.17) is 9.84 Å². The Bertz CT molecular complexity index is 167. The molecule has 0 aromatic carbocycles. The zero-order chi connectivity index (χ0) is 12.1. The van der Waals surface area contributed by atoms with Gasteiger partial charge in [-0.1, -0.05) is 0 Å². The molecule has 0 bridgehead atoms. The zero-order valence-electron chi connectivity index (χ0n) is 9.92.